The lowest BCUT2D eigenvalue weighted by Gasteiger charge is -1.83. The van der Waals surface area contributed by atoms with E-state index in [4.69, 9.17) is 0 Å². The Bertz CT molecular complexity index is 275. The molecule has 50 valence electrons. The molecule has 0 aliphatic heterocycles. The van der Waals surface area contributed by atoms with Gasteiger partial charge >= 0.3 is 0 Å². The second-order valence-corrected chi connectivity index (χ2v) is 3.77. The van der Waals surface area contributed by atoms with Gasteiger partial charge in [0.1, 0.15) is 6.33 Å². The fourth-order valence-corrected chi connectivity index (χ4v) is 1.31. The average molecular weight is 165 g/mol. The van der Waals surface area contributed by atoms with Gasteiger partial charge in [-0.05, 0) is 11.5 Å². The first kappa shape index (κ1) is 6.59. The Labute approximate surface area is 55.8 Å². The van der Waals surface area contributed by atoms with Gasteiger partial charge in [0.25, 0.3) is 10.0 Å². The van der Waals surface area contributed by atoms with Crippen molar-refractivity contribution in [3.05, 3.63) is 6.33 Å². The molecule has 0 saturated carbocycles. The van der Waals surface area contributed by atoms with Gasteiger partial charge in [0.2, 0.25) is 4.34 Å². The number of rotatable bonds is 1. The lowest BCUT2D eigenvalue weighted by Crippen LogP contribution is -2.11. The second-order valence-electron chi connectivity index (χ2n) is 1.25. The lowest BCUT2D eigenvalue weighted by atomic mass is 11.3. The molecule has 1 rings (SSSR count). The molecule has 2 N–H and O–H groups in total. The van der Waals surface area contributed by atoms with Crippen LogP contribution in [0.1, 0.15) is 0 Å². The minimum atomic E-state index is -3.61. The van der Waals surface area contributed by atoms with Gasteiger partial charge in [-0.25, -0.2) is 18.5 Å². The van der Waals surface area contributed by atoms with E-state index in [1.54, 1.807) is 0 Å². The molecule has 0 aromatic carbocycles. The van der Waals surface area contributed by atoms with Crippen molar-refractivity contribution in [3.8, 4) is 0 Å². The zero-order valence-corrected chi connectivity index (χ0v) is 5.82. The third-order valence-corrected chi connectivity index (χ3v) is 2.56. The monoisotopic (exact) mass is 165 g/mol. The lowest BCUT2D eigenvalue weighted by molar-refractivity contribution is 0.597. The molecule has 0 saturated heterocycles. The highest BCUT2D eigenvalue weighted by Crippen LogP contribution is 2.04. The van der Waals surface area contributed by atoms with Crippen molar-refractivity contribution in [2.75, 3.05) is 0 Å². The van der Waals surface area contributed by atoms with Crippen LogP contribution in [0, 0.1) is 0 Å². The molecule has 0 atom stereocenters. The molecule has 0 amide bonds. The van der Waals surface area contributed by atoms with Crippen molar-refractivity contribution in [3.63, 3.8) is 0 Å². The van der Waals surface area contributed by atoms with E-state index in [2.05, 4.69) is 14.5 Å². The summed E-state index contributed by atoms with van der Waals surface area (Å²) in [6.07, 6.45) is 1.14. The molecule has 0 radical (unpaired) electrons. The molecule has 7 heteroatoms. The minimum Gasteiger partial charge on any atom is -0.223 e. The van der Waals surface area contributed by atoms with Crippen LogP contribution in [0.15, 0.2) is 10.7 Å². The Kier molecular flexibility index (Phi) is 1.47. The molecule has 0 fully saturated rings. The minimum absolute atomic E-state index is 0.150. The molecule has 1 heterocycles. The van der Waals surface area contributed by atoms with Gasteiger partial charge in [-0.2, -0.15) is 4.37 Å². The van der Waals surface area contributed by atoms with Crippen LogP contribution in [0.3, 0.4) is 0 Å². The van der Waals surface area contributed by atoms with Crippen molar-refractivity contribution < 1.29 is 8.42 Å². The van der Waals surface area contributed by atoms with Gasteiger partial charge in [0, 0.05) is 0 Å². The third kappa shape index (κ3) is 1.44. The summed E-state index contributed by atoms with van der Waals surface area (Å²) in [5.41, 5.74) is 0. The maximum Gasteiger partial charge on any atom is 0.266 e. The highest BCUT2D eigenvalue weighted by molar-refractivity contribution is 7.91. The molecule has 5 nitrogen and oxygen atoms in total. The number of nitrogens with two attached hydrogens (primary N) is 1. The molecule has 0 unspecified atom stereocenters. The maximum atomic E-state index is 10.4. The van der Waals surface area contributed by atoms with E-state index in [0.29, 0.717) is 0 Å². The van der Waals surface area contributed by atoms with Crippen LogP contribution in [0.4, 0.5) is 0 Å². The SMILES string of the molecule is NS(=O)(=O)c1ncns1. The largest absolute Gasteiger partial charge is 0.266 e. The fourth-order valence-electron chi connectivity index (χ4n) is 0.288. The number of primary sulfonamides is 1. The number of sulfonamides is 1. The van der Waals surface area contributed by atoms with Crippen LogP contribution in [0.2, 0.25) is 0 Å². The third-order valence-electron chi connectivity index (χ3n) is 0.584. The molecule has 0 spiro atoms. The highest BCUT2D eigenvalue weighted by Gasteiger charge is 2.09. The Morgan fingerprint density at radius 2 is 2.33 bits per heavy atom. The van der Waals surface area contributed by atoms with Gasteiger partial charge in [-0.1, -0.05) is 0 Å². The van der Waals surface area contributed by atoms with Crippen LogP contribution < -0.4 is 5.14 Å². The van der Waals surface area contributed by atoms with Gasteiger partial charge in [0.05, 0.1) is 0 Å². The Hall–Kier alpha value is -0.530. The first-order valence-electron chi connectivity index (χ1n) is 1.90. The summed E-state index contributed by atoms with van der Waals surface area (Å²) in [5, 5.41) is 4.68. The predicted octanol–water partition coefficient (Wildman–Crippen LogP) is -0.815. The quantitative estimate of drug-likeness (QED) is 0.589. The van der Waals surface area contributed by atoms with E-state index in [1.165, 1.54) is 0 Å². The average Bonchev–Trinajstić information content (AvgIpc) is 2.08. The Morgan fingerprint density at radius 3 is 2.56 bits per heavy atom. The smallest absolute Gasteiger partial charge is 0.223 e. The Balaban J connectivity index is 3.20. The van der Waals surface area contributed by atoms with Crippen molar-refractivity contribution >= 4 is 21.6 Å². The van der Waals surface area contributed by atoms with E-state index in [9.17, 15) is 8.42 Å². The van der Waals surface area contributed by atoms with Crippen molar-refractivity contribution in [2.24, 2.45) is 5.14 Å². The van der Waals surface area contributed by atoms with E-state index >= 15 is 0 Å². The highest BCUT2D eigenvalue weighted by atomic mass is 32.2. The first-order chi connectivity index (χ1) is 4.11. The first-order valence-corrected chi connectivity index (χ1v) is 4.22. The number of aromatic nitrogens is 2. The zero-order valence-electron chi connectivity index (χ0n) is 4.18. The van der Waals surface area contributed by atoms with Gasteiger partial charge in [-0.15, -0.1) is 0 Å². The van der Waals surface area contributed by atoms with E-state index < -0.39 is 10.0 Å². The van der Waals surface area contributed by atoms with E-state index in [0.717, 1.165) is 17.9 Å². The van der Waals surface area contributed by atoms with Gasteiger partial charge in [-0.3, -0.25) is 0 Å². The molecule has 9 heavy (non-hydrogen) atoms. The normalized spacial score (nSPS) is 11.7. The molecular formula is C2H3N3O2S2. The number of hydrogen-bond donors (Lipinski definition) is 1. The van der Waals surface area contributed by atoms with Crippen LogP contribution in [-0.2, 0) is 10.0 Å². The summed E-state index contributed by atoms with van der Waals surface area (Å²) >= 11 is 0.756. The molecule has 0 aliphatic carbocycles. The van der Waals surface area contributed by atoms with Crippen molar-refractivity contribution in [1.82, 2.24) is 9.36 Å². The number of hydrogen-bond acceptors (Lipinski definition) is 5. The van der Waals surface area contributed by atoms with Gasteiger partial charge in [0.15, 0.2) is 0 Å². The summed E-state index contributed by atoms with van der Waals surface area (Å²) in [7, 11) is -3.61. The van der Waals surface area contributed by atoms with E-state index in [1.807, 2.05) is 0 Å². The van der Waals surface area contributed by atoms with Crippen molar-refractivity contribution in [1.29, 1.82) is 0 Å². The maximum absolute atomic E-state index is 10.4. The van der Waals surface area contributed by atoms with Crippen LogP contribution in [0.5, 0.6) is 0 Å². The predicted molar refractivity (Wildman–Crippen MR) is 31.3 cm³/mol. The van der Waals surface area contributed by atoms with Crippen LogP contribution in [-0.4, -0.2) is 17.8 Å². The fraction of sp³-hybridized carbons (Fsp3) is 0. The molecular weight excluding hydrogens is 162 g/mol. The molecule has 0 bridgehead atoms. The summed E-state index contributed by atoms with van der Waals surface area (Å²) < 4.78 is 24.1. The second kappa shape index (κ2) is 2.01. The molecule has 1 aromatic rings. The topological polar surface area (TPSA) is 85.9 Å². The van der Waals surface area contributed by atoms with Crippen LogP contribution in [0.25, 0.3) is 0 Å². The summed E-state index contributed by atoms with van der Waals surface area (Å²) in [6.45, 7) is 0. The summed E-state index contributed by atoms with van der Waals surface area (Å²) in [6, 6.07) is 0. The van der Waals surface area contributed by atoms with Gasteiger partial charge < -0.3 is 0 Å². The van der Waals surface area contributed by atoms with Crippen molar-refractivity contribution in [2.45, 2.75) is 4.34 Å². The van der Waals surface area contributed by atoms with Crippen LogP contribution >= 0.6 is 11.5 Å². The zero-order chi connectivity index (χ0) is 6.91. The standard InChI is InChI=1S/C2H3N3O2S2/c3-9(6,7)2-4-1-5-8-2/h1H,(H2,3,6,7). The Morgan fingerprint density at radius 1 is 1.67 bits per heavy atom. The van der Waals surface area contributed by atoms with E-state index in [-0.39, 0.29) is 4.34 Å². The summed E-state index contributed by atoms with van der Waals surface area (Å²) in [4.78, 5) is 3.38. The number of nitrogens with zero attached hydrogens (tertiary/aromatic N) is 2. The molecule has 0 aliphatic rings. The molecule has 1 aromatic heterocycles. The summed E-state index contributed by atoms with van der Waals surface area (Å²) in [5.74, 6) is 0.